The normalized spacial score (nSPS) is 17.0. The van der Waals surface area contributed by atoms with E-state index in [2.05, 4.69) is 5.32 Å². The fraction of sp³-hybridized carbons (Fsp3) is 0.381. The molecule has 1 unspecified atom stereocenters. The number of ether oxygens (including phenoxy) is 1. The van der Waals surface area contributed by atoms with Crippen molar-refractivity contribution >= 4 is 15.9 Å². The van der Waals surface area contributed by atoms with Crippen molar-refractivity contribution in [2.24, 2.45) is 0 Å². The lowest BCUT2D eigenvalue weighted by atomic mass is 10.1. The fourth-order valence-corrected chi connectivity index (χ4v) is 4.59. The molecule has 1 aliphatic rings. The van der Waals surface area contributed by atoms with E-state index in [0.717, 1.165) is 18.4 Å². The maximum absolute atomic E-state index is 13.1. The molecule has 0 spiro atoms. The number of sulfonamides is 1. The van der Waals surface area contributed by atoms with Crippen LogP contribution in [0.5, 0.6) is 0 Å². The third kappa shape index (κ3) is 5.64. The van der Waals surface area contributed by atoms with E-state index in [0.29, 0.717) is 19.6 Å². The van der Waals surface area contributed by atoms with Crippen LogP contribution in [-0.4, -0.2) is 51.0 Å². The summed E-state index contributed by atoms with van der Waals surface area (Å²) in [7, 11) is -3.76. The predicted molar refractivity (Wildman–Crippen MR) is 107 cm³/mol. The van der Waals surface area contributed by atoms with Crippen molar-refractivity contribution in [3.63, 3.8) is 0 Å². The maximum Gasteiger partial charge on any atom is 0.243 e. The molecule has 0 aromatic heterocycles. The first-order valence-electron chi connectivity index (χ1n) is 9.53. The molecule has 1 fully saturated rings. The van der Waals surface area contributed by atoms with Crippen molar-refractivity contribution in [2.75, 3.05) is 26.2 Å². The van der Waals surface area contributed by atoms with E-state index in [-0.39, 0.29) is 30.0 Å². The topological polar surface area (TPSA) is 75.7 Å². The molecule has 0 radical (unpaired) electrons. The Morgan fingerprint density at radius 3 is 2.39 bits per heavy atom. The lowest BCUT2D eigenvalue weighted by Gasteiger charge is -2.22. The molecule has 2 aromatic rings. The molecule has 3 rings (SSSR count). The number of nitrogens with zero attached hydrogens (tertiary/aromatic N) is 1. The Morgan fingerprint density at radius 1 is 1.07 bits per heavy atom. The summed E-state index contributed by atoms with van der Waals surface area (Å²) in [5.74, 6) is -0.317. The summed E-state index contributed by atoms with van der Waals surface area (Å²) in [4.78, 5) is 12.6. The van der Waals surface area contributed by atoms with Crippen LogP contribution in [-0.2, 0) is 26.0 Å². The summed E-state index contributed by atoms with van der Waals surface area (Å²) < 4.78 is 32.9. The Bertz CT molecular complexity index is 850. The van der Waals surface area contributed by atoms with E-state index in [9.17, 15) is 13.2 Å². The molecule has 0 saturated carbocycles. The van der Waals surface area contributed by atoms with Crippen molar-refractivity contribution in [1.29, 1.82) is 0 Å². The van der Waals surface area contributed by atoms with Gasteiger partial charge in [-0.3, -0.25) is 4.79 Å². The molecular weight excluding hydrogens is 376 g/mol. The second kappa shape index (κ2) is 9.82. The number of nitrogens with one attached hydrogen (secondary N) is 1. The summed E-state index contributed by atoms with van der Waals surface area (Å²) in [6, 6.07) is 17.9. The summed E-state index contributed by atoms with van der Waals surface area (Å²) >= 11 is 0. The van der Waals surface area contributed by atoms with Crippen molar-refractivity contribution in [3.8, 4) is 0 Å². The van der Waals surface area contributed by atoms with Crippen LogP contribution in [0.4, 0.5) is 0 Å². The number of carbonyl (C=O) groups is 1. The smallest absolute Gasteiger partial charge is 0.243 e. The second-order valence-electron chi connectivity index (χ2n) is 6.83. The molecule has 1 N–H and O–H groups in total. The molecule has 0 bridgehead atoms. The van der Waals surface area contributed by atoms with Crippen LogP contribution in [0, 0.1) is 0 Å². The molecule has 150 valence electrons. The van der Waals surface area contributed by atoms with E-state index < -0.39 is 10.0 Å². The Morgan fingerprint density at radius 2 is 1.75 bits per heavy atom. The Labute approximate surface area is 166 Å². The van der Waals surface area contributed by atoms with Crippen LogP contribution in [0.1, 0.15) is 18.4 Å². The lowest BCUT2D eigenvalue weighted by Crippen LogP contribution is -2.43. The molecule has 0 aliphatic carbocycles. The quantitative estimate of drug-likeness (QED) is 0.698. The van der Waals surface area contributed by atoms with Gasteiger partial charge >= 0.3 is 0 Å². The number of hydrogen-bond acceptors (Lipinski definition) is 4. The van der Waals surface area contributed by atoms with Gasteiger partial charge in [0.15, 0.2) is 0 Å². The summed E-state index contributed by atoms with van der Waals surface area (Å²) in [5, 5.41) is 2.81. The largest absolute Gasteiger partial charge is 0.376 e. The number of rotatable bonds is 9. The van der Waals surface area contributed by atoms with Crippen LogP contribution in [0.15, 0.2) is 65.6 Å². The lowest BCUT2D eigenvalue weighted by molar-refractivity contribution is -0.121. The molecule has 7 heteroatoms. The third-order valence-corrected chi connectivity index (χ3v) is 6.60. The van der Waals surface area contributed by atoms with Crippen LogP contribution in [0.25, 0.3) is 0 Å². The summed E-state index contributed by atoms with van der Waals surface area (Å²) in [6.45, 7) is 1.15. The molecular formula is C21H26N2O4S. The number of amides is 1. The van der Waals surface area contributed by atoms with Gasteiger partial charge in [-0.1, -0.05) is 48.5 Å². The molecule has 1 aliphatic heterocycles. The summed E-state index contributed by atoms with van der Waals surface area (Å²) in [5.41, 5.74) is 1.02. The first-order valence-corrected chi connectivity index (χ1v) is 11.0. The third-order valence-electron chi connectivity index (χ3n) is 4.74. The van der Waals surface area contributed by atoms with Gasteiger partial charge in [-0.15, -0.1) is 0 Å². The van der Waals surface area contributed by atoms with Gasteiger partial charge < -0.3 is 10.1 Å². The van der Waals surface area contributed by atoms with Gasteiger partial charge in [-0.05, 0) is 37.0 Å². The highest BCUT2D eigenvalue weighted by atomic mass is 32.2. The number of benzene rings is 2. The van der Waals surface area contributed by atoms with Gasteiger partial charge in [0.05, 0.1) is 17.5 Å². The first kappa shape index (κ1) is 20.5. The minimum atomic E-state index is -3.76. The van der Waals surface area contributed by atoms with Crippen molar-refractivity contribution in [2.45, 2.75) is 30.3 Å². The van der Waals surface area contributed by atoms with E-state index in [1.54, 1.807) is 30.3 Å². The average molecular weight is 403 g/mol. The number of hydrogen-bond donors (Lipinski definition) is 1. The molecule has 1 saturated heterocycles. The minimum absolute atomic E-state index is 0.0208. The van der Waals surface area contributed by atoms with Crippen molar-refractivity contribution in [3.05, 3.63) is 66.2 Å². The Hall–Kier alpha value is -2.22. The highest BCUT2D eigenvalue weighted by molar-refractivity contribution is 7.89. The standard InChI is InChI=1S/C21H26N2O4S/c24-21(22-16-19-10-7-15-27-19)17-23(14-13-18-8-3-1-4-9-18)28(25,26)20-11-5-2-6-12-20/h1-6,8-9,11-12,19H,7,10,13-17H2,(H,22,24). The molecule has 1 heterocycles. The maximum atomic E-state index is 13.1. The van der Waals surface area contributed by atoms with E-state index in [1.165, 1.54) is 4.31 Å². The monoisotopic (exact) mass is 402 g/mol. The zero-order chi connectivity index (χ0) is 19.8. The zero-order valence-corrected chi connectivity index (χ0v) is 16.6. The molecule has 2 aromatic carbocycles. The average Bonchev–Trinajstić information content (AvgIpc) is 3.24. The minimum Gasteiger partial charge on any atom is -0.376 e. The molecule has 1 amide bonds. The van der Waals surface area contributed by atoms with Gasteiger partial charge in [0.1, 0.15) is 0 Å². The molecule has 1 atom stereocenters. The highest BCUT2D eigenvalue weighted by Crippen LogP contribution is 2.16. The van der Waals surface area contributed by atoms with E-state index in [1.807, 2.05) is 30.3 Å². The van der Waals surface area contributed by atoms with Crippen LogP contribution < -0.4 is 5.32 Å². The molecule has 28 heavy (non-hydrogen) atoms. The highest BCUT2D eigenvalue weighted by Gasteiger charge is 2.26. The van der Waals surface area contributed by atoms with Crippen molar-refractivity contribution in [1.82, 2.24) is 9.62 Å². The van der Waals surface area contributed by atoms with Crippen LogP contribution in [0.3, 0.4) is 0 Å². The van der Waals surface area contributed by atoms with Gasteiger partial charge in [0.2, 0.25) is 15.9 Å². The zero-order valence-electron chi connectivity index (χ0n) is 15.8. The summed E-state index contributed by atoms with van der Waals surface area (Å²) in [6.07, 6.45) is 2.46. The van der Waals surface area contributed by atoms with Crippen LogP contribution >= 0.6 is 0 Å². The number of carbonyl (C=O) groups excluding carboxylic acids is 1. The van der Waals surface area contributed by atoms with Gasteiger partial charge in [-0.2, -0.15) is 4.31 Å². The van der Waals surface area contributed by atoms with Crippen molar-refractivity contribution < 1.29 is 17.9 Å². The SMILES string of the molecule is O=C(CN(CCc1ccccc1)S(=O)(=O)c1ccccc1)NCC1CCCO1. The van der Waals surface area contributed by atoms with E-state index >= 15 is 0 Å². The fourth-order valence-electron chi connectivity index (χ4n) is 3.17. The van der Waals surface area contributed by atoms with Gasteiger partial charge in [0.25, 0.3) is 0 Å². The van der Waals surface area contributed by atoms with Crippen LogP contribution in [0.2, 0.25) is 0 Å². The second-order valence-corrected chi connectivity index (χ2v) is 8.76. The Kier molecular flexibility index (Phi) is 7.19. The first-order chi connectivity index (χ1) is 13.6. The van der Waals surface area contributed by atoms with Gasteiger partial charge in [-0.25, -0.2) is 8.42 Å². The van der Waals surface area contributed by atoms with Gasteiger partial charge in [0, 0.05) is 19.7 Å². The Balaban J connectivity index is 1.69. The van der Waals surface area contributed by atoms with E-state index in [4.69, 9.17) is 4.74 Å². The predicted octanol–water partition coefficient (Wildman–Crippen LogP) is 2.22. The molecule has 6 nitrogen and oxygen atoms in total.